The van der Waals surface area contributed by atoms with Gasteiger partial charge < -0.3 is 19.0 Å². The zero-order valence-electron chi connectivity index (χ0n) is 17.2. The van der Waals surface area contributed by atoms with Gasteiger partial charge in [0.1, 0.15) is 0 Å². The van der Waals surface area contributed by atoms with Gasteiger partial charge in [0, 0.05) is 23.3 Å². The van der Waals surface area contributed by atoms with Crippen molar-refractivity contribution in [2.24, 2.45) is 5.16 Å². The highest BCUT2D eigenvalue weighted by atomic mass is 16.7. The number of amides is 2. The lowest BCUT2D eigenvalue weighted by Crippen LogP contribution is -2.43. The Morgan fingerprint density at radius 2 is 1.85 bits per heavy atom. The molecule has 0 saturated carbocycles. The van der Waals surface area contributed by atoms with E-state index < -0.39 is 35.9 Å². The van der Waals surface area contributed by atoms with Crippen molar-refractivity contribution >= 4 is 29.2 Å². The minimum absolute atomic E-state index is 0.0365. The van der Waals surface area contributed by atoms with E-state index in [9.17, 15) is 24.5 Å². The van der Waals surface area contributed by atoms with Gasteiger partial charge in [0.05, 0.1) is 10.6 Å². The van der Waals surface area contributed by atoms with Crippen LogP contribution in [0.15, 0.2) is 47.6 Å². The predicted molar refractivity (Wildman–Crippen MR) is 110 cm³/mol. The zero-order valence-corrected chi connectivity index (χ0v) is 17.2. The summed E-state index contributed by atoms with van der Waals surface area (Å²) in [5, 5.41) is 14.6. The summed E-state index contributed by atoms with van der Waals surface area (Å²) >= 11 is 0. The summed E-state index contributed by atoms with van der Waals surface area (Å²) in [5.74, 6) is -1.28. The lowest BCUT2D eigenvalue weighted by Gasteiger charge is -2.08. The Hall–Kier alpha value is -4.68. The van der Waals surface area contributed by atoms with Gasteiger partial charge in [0.25, 0.3) is 17.5 Å². The van der Waals surface area contributed by atoms with E-state index in [1.54, 1.807) is 25.1 Å². The van der Waals surface area contributed by atoms with Crippen LogP contribution in [0.4, 0.5) is 5.69 Å². The first-order valence-electron chi connectivity index (χ1n) is 9.39. The fraction of sp³-hybridized carbons (Fsp3) is 0.200. The van der Waals surface area contributed by atoms with Crippen molar-refractivity contribution < 1.29 is 38.4 Å². The van der Waals surface area contributed by atoms with Crippen LogP contribution in [0.25, 0.3) is 0 Å². The maximum Gasteiger partial charge on any atom is 0.347 e. The molecule has 0 atom stereocenters. The highest BCUT2D eigenvalue weighted by Gasteiger charge is 2.15. The number of non-ortho nitro benzene ring substituents is 1. The molecule has 3 rings (SSSR count). The van der Waals surface area contributed by atoms with Gasteiger partial charge in [-0.15, -0.1) is 0 Å². The van der Waals surface area contributed by atoms with Crippen molar-refractivity contribution in [3.63, 3.8) is 0 Å². The molecule has 0 radical (unpaired) electrons. The highest BCUT2D eigenvalue weighted by molar-refractivity contribution is 5.99. The molecule has 13 nitrogen and oxygen atoms in total. The number of nitrogens with one attached hydrogen (secondary N) is 2. The molecule has 2 amide bonds. The first kappa shape index (κ1) is 23.0. The van der Waals surface area contributed by atoms with E-state index in [1.165, 1.54) is 18.2 Å². The van der Waals surface area contributed by atoms with Crippen molar-refractivity contribution in [1.29, 1.82) is 0 Å². The number of ether oxygens (including phenoxy) is 3. The number of oxime groups is 1. The number of nitro groups is 1. The summed E-state index contributed by atoms with van der Waals surface area (Å²) in [7, 11) is 0. The largest absolute Gasteiger partial charge is 0.454 e. The topological polar surface area (TPSA) is 168 Å². The quantitative estimate of drug-likeness (QED) is 0.254. The third-order valence-electron chi connectivity index (χ3n) is 4.17. The maximum absolute atomic E-state index is 11.9. The maximum atomic E-state index is 11.9. The van der Waals surface area contributed by atoms with Crippen LogP contribution in [-0.2, 0) is 19.2 Å². The molecule has 1 heterocycles. The van der Waals surface area contributed by atoms with Gasteiger partial charge in [-0.1, -0.05) is 11.2 Å². The van der Waals surface area contributed by atoms with Crippen LogP contribution in [-0.4, -0.2) is 48.4 Å². The molecule has 0 spiro atoms. The lowest BCUT2D eigenvalue weighted by molar-refractivity contribution is -0.384. The zero-order chi connectivity index (χ0) is 23.8. The molecule has 1 aliphatic rings. The number of carbonyl (C=O) groups is 3. The average molecular weight is 458 g/mol. The van der Waals surface area contributed by atoms with Crippen molar-refractivity contribution in [3.8, 4) is 11.5 Å². The molecule has 2 N–H and O–H groups in total. The van der Waals surface area contributed by atoms with E-state index in [2.05, 4.69) is 10.6 Å². The molecule has 1 aliphatic heterocycles. The number of carbonyl (C=O) groups excluding carboxylic acids is 3. The lowest BCUT2D eigenvalue weighted by atomic mass is 10.1. The first-order chi connectivity index (χ1) is 15.8. The van der Waals surface area contributed by atoms with Crippen LogP contribution in [0.3, 0.4) is 0 Å². The molecule has 0 fully saturated rings. The smallest absolute Gasteiger partial charge is 0.347 e. The SMILES string of the molecule is CC(=NOCC(=O)OCC(=O)NNC(=O)c1cccc([N+](=O)[O-])c1)c1ccc2c(c1)OCO2. The summed E-state index contributed by atoms with van der Waals surface area (Å²) < 4.78 is 15.2. The third-order valence-corrected chi connectivity index (χ3v) is 4.17. The van der Waals surface area contributed by atoms with Crippen LogP contribution < -0.4 is 20.3 Å². The molecule has 33 heavy (non-hydrogen) atoms. The minimum Gasteiger partial charge on any atom is -0.454 e. The summed E-state index contributed by atoms with van der Waals surface area (Å²) in [4.78, 5) is 50.4. The van der Waals surface area contributed by atoms with Crippen molar-refractivity contribution in [3.05, 3.63) is 63.7 Å². The number of esters is 1. The molecular weight excluding hydrogens is 440 g/mol. The Kier molecular flexibility index (Phi) is 7.36. The van der Waals surface area contributed by atoms with Crippen molar-refractivity contribution in [1.82, 2.24) is 10.9 Å². The van der Waals surface area contributed by atoms with E-state index in [0.717, 1.165) is 6.07 Å². The molecule has 0 aromatic heterocycles. The number of nitro benzene ring substituents is 1. The molecule has 0 saturated heterocycles. The molecular formula is C20H18N4O9. The van der Waals surface area contributed by atoms with Crippen molar-refractivity contribution in [2.45, 2.75) is 6.92 Å². The number of benzene rings is 2. The Balaban J connectivity index is 1.37. The van der Waals surface area contributed by atoms with Gasteiger partial charge in [-0.25, -0.2) is 4.79 Å². The number of hydrazine groups is 1. The predicted octanol–water partition coefficient (Wildman–Crippen LogP) is 1.07. The fourth-order valence-electron chi connectivity index (χ4n) is 2.54. The number of hydrogen-bond donors (Lipinski definition) is 2. The second-order valence-electron chi connectivity index (χ2n) is 6.49. The molecule has 0 aliphatic carbocycles. The van der Waals surface area contributed by atoms with Gasteiger partial charge in [-0.2, -0.15) is 0 Å². The van der Waals surface area contributed by atoms with Crippen LogP contribution in [0.1, 0.15) is 22.8 Å². The second kappa shape index (κ2) is 10.6. The third kappa shape index (κ3) is 6.40. The van der Waals surface area contributed by atoms with Gasteiger partial charge in [0.15, 0.2) is 18.1 Å². The fourth-order valence-corrected chi connectivity index (χ4v) is 2.54. The number of fused-ring (bicyclic) bond motifs is 1. The minimum atomic E-state index is -0.864. The summed E-state index contributed by atoms with van der Waals surface area (Å²) in [5.41, 5.74) is 4.94. The van der Waals surface area contributed by atoms with Crippen LogP contribution in [0.2, 0.25) is 0 Å². The Labute approximate surface area is 186 Å². The number of rotatable bonds is 8. The summed E-state index contributed by atoms with van der Waals surface area (Å²) in [6, 6.07) is 10.1. The first-order valence-corrected chi connectivity index (χ1v) is 9.39. The molecule has 172 valence electrons. The average Bonchev–Trinajstić information content (AvgIpc) is 3.29. The van der Waals surface area contributed by atoms with Gasteiger partial charge >= 0.3 is 5.97 Å². The van der Waals surface area contributed by atoms with E-state index in [4.69, 9.17) is 19.0 Å². The van der Waals surface area contributed by atoms with Crippen molar-refractivity contribution in [2.75, 3.05) is 20.0 Å². The van der Waals surface area contributed by atoms with Gasteiger partial charge in [0.2, 0.25) is 13.4 Å². The van der Waals surface area contributed by atoms with E-state index >= 15 is 0 Å². The molecule has 13 heteroatoms. The van der Waals surface area contributed by atoms with Crippen LogP contribution in [0, 0.1) is 10.1 Å². The van der Waals surface area contributed by atoms with Gasteiger partial charge in [-0.05, 0) is 31.2 Å². The monoisotopic (exact) mass is 458 g/mol. The summed E-state index contributed by atoms with van der Waals surface area (Å²) in [6.45, 7) is 0.571. The molecule has 0 bridgehead atoms. The Bertz CT molecular complexity index is 1120. The van der Waals surface area contributed by atoms with E-state index in [1.807, 2.05) is 5.43 Å². The number of hydrogen-bond acceptors (Lipinski definition) is 10. The number of nitrogens with zero attached hydrogens (tertiary/aromatic N) is 2. The molecule has 0 unspecified atom stereocenters. The highest BCUT2D eigenvalue weighted by Crippen LogP contribution is 2.32. The Morgan fingerprint density at radius 3 is 2.64 bits per heavy atom. The van der Waals surface area contributed by atoms with E-state index in [-0.39, 0.29) is 18.0 Å². The van der Waals surface area contributed by atoms with Gasteiger partial charge in [-0.3, -0.25) is 30.6 Å². The molecule has 2 aromatic carbocycles. The molecule has 2 aromatic rings. The normalized spacial score (nSPS) is 12.0. The second-order valence-corrected chi connectivity index (χ2v) is 6.49. The van der Waals surface area contributed by atoms with Crippen LogP contribution >= 0.6 is 0 Å². The van der Waals surface area contributed by atoms with Crippen LogP contribution in [0.5, 0.6) is 11.5 Å². The Morgan fingerprint density at radius 1 is 1.06 bits per heavy atom. The summed E-state index contributed by atoms with van der Waals surface area (Å²) in [6.07, 6.45) is 0. The van der Waals surface area contributed by atoms with E-state index in [0.29, 0.717) is 22.8 Å². The standard InChI is InChI=1S/C20H18N4O9/c1-12(13-5-6-16-17(8-13)32-11-31-16)23-33-10-19(26)30-9-18(25)21-22-20(27)14-3-2-4-15(7-14)24(28)29/h2-8H,9-11H2,1H3,(H,21,25)(H,22,27).